The number of carbonyl (C=O) groups is 1. The second-order valence-electron chi connectivity index (χ2n) is 4.07. The predicted octanol–water partition coefficient (Wildman–Crippen LogP) is 1.00. The van der Waals surface area contributed by atoms with E-state index in [4.69, 9.17) is 9.88 Å². The molecule has 9 heteroatoms. The molecule has 1 rings (SSSR count). The molecule has 1 amide bonds. The minimum absolute atomic E-state index is 0.141. The largest absolute Gasteiger partial charge is 0.380 e. The number of nitrogens with two attached hydrogens (primary N) is 1. The zero-order valence-electron chi connectivity index (χ0n) is 10.8. The topological polar surface area (TPSA) is 98.5 Å². The fourth-order valence-electron chi connectivity index (χ4n) is 1.32. The number of methoxy groups -OCH3 is 1. The van der Waals surface area contributed by atoms with Crippen molar-refractivity contribution < 1.29 is 22.3 Å². The van der Waals surface area contributed by atoms with Crippen LogP contribution in [0.2, 0.25) is 0 Å². The Morgan fingerprint density at radius 1 is 1.55 bits per heavy atom. The predicted molar refractivity (Wildman–Crippen MR) is 74.3 cm³/mol. The van der Waals surface area contributed by atoms with Crippen LogP contribution in [0.3, 0.4) is 0 Å². The number of nitrogens with one attached hydrogen (secondary N) is 1. The first-order valence-corrected chi connectivity index (χ1v) is 7.83. The number of benzene rings is 1. The van der Waals surface area contributed by atoms with Crippen LogP contribution in [0.25, 0.3) is 0 Å². The normalized spacial score (nSPS) is 13.1. The number of carbonyl (C=O) groups excluding carboxylic acids is 1. The van der Waals surface area contributed by atoms with Gasteiger partial charge in [0.15, 0.2) is 0 Å². The summed E-state index contributed by atoms with van der Waals surface area (Å²) in [7, 11) is -2.66. The molecule has 0 aliphatic rings. The van der Waals surface area contributed by atoms with Gasteiger partial charge in [-0.05, 0) is 35.0 Å². The first-order valence-electron chi connectivity index (χ1n) is 5.49. The van der Waals surface area contributed by atoms with Crippen molar-refractivity contribution in [2.75, 3.05) is 13.7 Å². The highest BCUT2D eigenvalue weighted by molar-refractivity contribution is 9.10. The van der Waals surface area contributed by atoms with E-state index in [2.05, 4.69) is 21.2 Å². The maximum Gasteiger partial charge on any atom is 0.251 e. The van der Waals surface area contributed by atoms with Gasteiger partial charge in [-0.1, -0.05) is 0 Å². The van der Waals surface area contributed by atoms with Gasteiger partial charge in [0.1, 0.15) is 5.82 Å². The summed E-state index contributed by atoms with van der Waals surface area (Å²) in [5, 5.41) is 7.46. The van der Waals surface area contributed by atoms with Gasteiger partial charge in [0.05, 0.1) is 15.5 Å². The molecule has 0 heterocycles. The summed E-state index contributed by atoms with van der Waals surface area (Å²) in [6, 6.07) is 1.93. The fourth-order valence-corrected chi connectivity index (χ4v) is 2.87. The number of amides is 1. The molecule has 0 aliphatic carbocycles. The van der Waals surface area contributed by atoms with Crippen molar-refractivity contribution >= 4 is 31.9 Å². The molecule has 0 fully saturated rings. The van der Waals surface area contributed by atoms with Crippen molar-refractivity contribution in [3.8, 4) is 0 Å². The van der Waals surface area contributed by atoms with E-state index < -0.39 is 26.6 Å². The molecular weight excluding hydrogens is 355 g/mol. The second kappa shape index (κ2) is 6.61. The molecule has 1 atom stereocenters. The van der Waals surface area contributed by atoms with Crippen molar-refractivity contribution in [2.24, 2.45) is 5.14 Å². The molecule has 0 radical (unpaired) electrons. The Hall–Kier alpha value is -1.03. The van der Waals surface area contributed by atoms with E-state index in [1.54, 1.807) is 6.92 Å². The van der Waals surface area contributed by atoms with Crippen molar-refractivity contribution in [2.45, 2.75) is 17.9 Å². The lowest BCUT2D eigenvalue weighted by Gasteiger charge is -2.12. The Morgan fingerprint density at radius 3 is 2.65 bits per heavy atom. The summed E-state index contributed by atoms with van der Waals surface area (Å²) in [5.74, 6) is -1.51. The number of hydrogen-bond donors (Lipinski definition) is 2. The van der Waals surface area contributed by atoms with Crippen LogP contribution in [0.5, 0.6) is 0 Å². The third-order valence-corrected chi connectivity index (χ3v) is 4.52. The van der Waals surface area contributed by atoms with Crippen LogP contribution in [0, 0.1) is 5.82 Å². The molecule has 1 unspecified atom stereocenters. The van der Waals surface area contributed by atoms with Crippen LogP contribution < -0.4 is 10.5 Å². The zero-order chi connectivity index (χ0) is 15.5. The number of halogens is 2. The Morgan fingerprint density at radius 2 is 2.15 bits per heavy atom. The standard InChI is InChI=1S/C11H14BrFN2O4S/c1-6(19-2)5-15-11(16)7-3-8(13)10(12)9(4-7)20(14,17)18/h3-4,6H,5H2,1-2H3,(H,15,16)(H2,14,17,18). The van der Waals surface area contributed by atoms with Gasteiger partial charge in [0.25, 0.3) is 5.91 Å². The molecule has 0 bridgehead atoms. The molecule has 6 nitrogen and oxygen atoms in total. The van der Waals surface area contributed by atoms with Crippen LogP contribution >= 0.6 is 15.9 Å². The summed E-state index contributed by atoms with van der Waals surface area (Å²) in [4.78, 5) is 11.3. The molecule has 0 spiro atoms. The lowest BCUT2D eigenvalue weighted by Crippen LogP contribution is -2.31. The quantitative estimate of drug-likeness (QED) is 0.809. The summed E-state index contributed by atoms with van der Waals surface area (Å²) < 4.78 is 40.9. The Labute approximate surface area is 124 Å². The maximum absolute atomic E-state index is 13.6. The van der Waals surface area contributed by atoms with Gasteiger partial charge in [-0.15, -0.1) is 0 Å². The number of hydrogen-bond acceptors (Lipinski definition) is 4. The van der Waals surface area contributed by atoms with Crippen LogP contribution in [0.15, 0.2) is 21.5 Å². The van der Waals surface area contributed by atoms with Crippen molar-refractivity contribution in [3.05, 3.63) is 28.0 Å². The minimum Gasteiger partial charge on any atom is -0.380 e. The molecule has 1 aromatic rings. The number of primary sulfonamides is 1. The van der Waals surface area contributed by atoms with E-state index in [1.165, 1.54) is 7.11 Å². The smallest absolute Gasteiger partial charge is 0.251 e. The summed E-state index contributed by atoms with van der Waals surface area (Å²) >= 11 is 2.79. The van der Waals surface area contributed by atoms with E-state index in [0.717, 1.165) is 12.1 Å². The monoisotopic (exact) mass is 368 g/mol. The summed E-state index contributed by atoms with van der Waals surface area (Å²) in [6.07, 6.45) is -0.225. The first kappa shape index (κ1) is 17.0. The lowest BCUT2D eigenvalue weighted by atomic mass is 10.2. The van der Waals surface area contributed by atoms with Crippen molar-refractivity contribution in [1.29, 1.82) is 0 Å². The number of sulfonamides is 1. The van der Waals surface area contributed by atoms with E-state index in [9.17, 15) is 17.6 Å². The van der Waals surface area contributed by atoms with E-state index in [1.807, 2.05) is 0 Å². The van der Waals surface area contributed by atoms with Gasteiger partial charge in [-0.2, -0.15) is 0 Å². The van der Waals surface area contributed by atoms with Crippen molar-refractivity contribution in [1.82, 2.24) is 5.32 Å². The fraction of sp³-hybridized carbons (Fsp3) is 0.364. The van der Waals surface area contributed by atoms with Gasteiger partial charge in [0.2, 0.25) is 10.0 Å². The molecule has 3 N–H and O–H groups in total. The third kappa shape index (κ3) is 4.23. The van der Waals surface area contributed by atoms with Crippen LogP contribution in [-0.4, -0.2) is 34.1 Å². The molecule has 20 heavy (non-hydrogen) atoms. The Kier molecular flexibility index (Phi) is 5.63. The highest BCUT2D eigenvalue weighted by atomic mass is 79.9. The van der Waals surface area contributed by atoms with Gasteiger partial charge >= 0.3 is 0 Å². The van der Waals surface area contributed by atoms with E-state index >= 15 is 0 Å². The molecule has 0 saturated heterocycles. The average Bonchev–Trinajstić information content (AvgIpc) is 2.36. The maximum atomic E-state index is 13.6. The first-order chi connectivity index (χ1) is 9.16. The molecular formula is C11H14BrFN2O4S. The van der Waals surface area contributed by atoms with Crippen molar-refractivity contribution in [3.63, 3.8) is 0 Å². The zero-order valence-corrected chi connectivity index (χ0v) is 13.2. The highest BCUT2D eigenvalue weighted by Gasteiger charge is 2.20. The highest BCUT2D eigenvalue weighted by Crippen LogP contribution is 2.25. The number of rotatable bonds is 5. The van der Waals surface area contributed by atoms with E-state index in [-0.39, 0.29) is 22.7 Å². The molecule has 0 saturated carbocycles. The van der Waals surface area contributed by atoms with Gasteiger partial charge < -0.3 is 10.1 Å². The molecule has 0 aromatic heterocycles. The number of ether oxygens (including phenoxy) is 1. The minimum atomic E-state index is -4.14. The van der Waals surface area contributed by atoms with Gasteiger partial charge in [-0.25, -0.2) is 17.9 Å². The Bertz CT molecular complexity index is 621. The Balaban J connectivity index is 3.09. The average molecular weight is 369 g/mol. The SMILES string of the molecule is COC(C)CNC(=O)c1cc(F)c(Br)c(S(N)(=O)=O)c1. The second-order valence-corrected chi connectivity index (χ2v) is 6.39. The molecule has 0 aliphatic heterocycles. The van der Waals surface area contributed by atoms with Gasteiger partial charge in [0, 0.05) is 19.2 Å². The lowest BCUT2D eigenvalue weighted by molar-refractivity contribution is 0.0870. The van der Waals surface area contributed by atoms with E-state index in [0.29, 0.717) is 0 Å². The van der Waals surface area contributed by atoms with Crippen LogP contribution in [-0.2, 0) is 14.8 Å². The van der Waals surface area contributed by atoms with Crippen LogP contribution in [0.4, 0.5) is 4.39 Å². The van der Waals surface area contributed by atoms with Crippen LogP contribution in [0.1, 0.15) is 17.3 Å². The summed E-state index contributed by atoms with van der Waals surface area (Å²) in [5.41, 5.74) is -0.141. The summed E-state index contributed by atoms with van der Waals surface area (Å²) in [6.45, 7) is 1.94. The molecule has 112 valence electrons. The molecule has 1 aromatic carbocycles. The van der Waals surface area contributed by atoms with Gasteiger partial charge in [-0.3, -0.25) is 4.79 Å². The third-order valence-electron chi connectivity index (χ3n) is 2.52.